The van der Waals surface area contributed by atoms with E-state index in [2.05, 4.69) is 26.1 Å². The summed E-state index contributed by atoms with van der Waals surface area (Å²) < 4.78 is 7.32. The van der Waals surface area contributed by atoms with Crippen LogP contribution in [0, 0.1) is 6.92 Å². The molecule has 2 heterocycles. The Morgan fingerprint density at radius 3 is 3.00 bits per heavy atom. The molecule has 0 saturated heterocycles. The standard InChI is InChI=1S/C10H10BrN3O3/c1-6-12-9(17-13-6)2-3-14-5-7(11)4-8(14)10(15)16/h4-5H,2-3H2,1H3,(H,15,16). The van der Waals surface area contributed by atoms with Gasteiger partial charge in [0.1, 0.15) is 5.69 Å². The van der Waals surface area contributed by atoms with Crippen molar-refractivity contribution in [3.8, 4) is 0 Å². The number of aromatic nitrogens is 3. The Bertz CT molecular complexity index is 547. The topological polar surface area (TPSA) is 81.2 Å². The van der Waals surface area contributed by atoms with Crippen molar-refractivity contribution in [1.29, 1.82) is 0 Å². The number of carboxylic acid groups (broad SMARTS) is 1. The molecule has 90 valence electrons. The van der Waals surface area contributed by atoms with E-state index in [-0.39, 0.29) is 5.69 Å². The fourth-order valence-corrected chi connectivity index (χ4v) is 1.96. The highest BCUT2D eigenvalue weighted by atomic mass is 79.9. The summed E-state index contributed by atoms with van der Waals surface area (Å²) in [7, 11) is 0. The predicted octanol–water partition coefficient (Wildman–Crippen LogP) is 1.88. The van der Waals surface area contributed by atoms with Crippen LogP contribution in [0.1, 0.15) is 22.2 Å². The van der Waals surface area contributed by atoms with Crippen LogP contribution in [-0.4, -0.2) is 25.8 Å². The van der Waals surface area contributed by atoms with Gasteiger partial charge in [0.15, 0.2) is 5.82 Å². The van der Waals surface area contributed by atoms with Gasteiger partial charge in [-0.25, -0.2) is 4.79 Å². The molecule has 6 nitrogen and oxygen atoms in total. The number of carbonyl (C=O) groups is 1. The Kier molecular flexibility index (Phi) is 3.28. The normalized spacial score (nSPS) is 10.7. The van der Waals surface area contributed by atoms with E-state index in [9.17, 15) is 4.79 Å². The van der Waals surface area contributed by atoms with Gasteiger partial charge in [0, 0.05) is 23.6 Å². The van der Waals surface area contributed by atoms with Crippen molar-refractivity contribution < 1.29 is 14.4 Å². The van der Waals surface area contributed by atoms with E-state index in [1.807, 2.05) is 0 Å². The molecule has 0 aliphatic rings. The third-order valence-electron chi connectivity index (χ3n) is 2.22. The van der Waals surface area contributed by atoms with Gasteiger partial charge in [0.05, 0.1) is 0 Å². The first-order chi connectivity index (χ1) is 8.06. The molecular formula is C10H10BrN3O3. The van der Waals surface area contributed by atoms with Crippen molar-refractivity contribution in [3.05, 3.63) is 34.1 Å². The number of hydrogen-bond donors (Lipinski definition) is 1. The number of rotatable bonds is 4. The Balaban J connectivity index is 2.11. The largest absolute Gasteiger partial charge is 0.477 e. The van der Waals surface area contributed by atoms with Gasteiger partial charge in [-0.2, -0.15) is 4.98 Å². The molecule has 17 heavy (non-hydrogen) atoms. The summed E-state index contributed by atoms with van der Waals surface area (Å²) >= 11 is 3.25. The SMILES string of the molecule is Cc1noc(CCn2cc(Br)cc2C(=O)O)n1. The summed E-state index contributed by atoms with van der Waals surface area (Å²) in [6.07, 6.45) is 2.22. The van der Waals surface area contributed by atoms with Crippen molar-refractivity contribution >= 4 is 21.9 Å². The summed E-state index contributed by atoms with van der Waals surface area (Å²) in [6, 6.07) is 1.56. The molecule has 7 heteroatoms. The van der Waals surface area contributed by atoms with E-state index in [1.165, 1.54) is 0 Å². The number of aryl methyl sites for hydroxylation is 3. The number of aromatic carboxylic acids is 1. The molecule has 0 unspecified atom stereocenters. The minimum Gasteiger partial charge on any atom is -0.477 e. The summed E-state index contributed by atoms with van der Waals surface area (Å²) in [5, 5.41) is 12.7. The van der Waals surface area contributed by atoms with E-state index < -0.39 is 5.97 Å². The average Bonchev–Trinajstić information content (AvgIpc) is 2.82. The fourth-order valence-electron chi connectivity index (χ4n) is 1.50. The van der Waals surface area contributed by atoms with E-state index in [1.54, 1.807) is 23.8 Å². The first-order valence-corrected chi connectivity index (χ1v) is 5.73. The van der Waals surface area contributed by atoms with Gasteiger partial charge >= 0.3 is 5.97 Å². The molecular weight excluding hydrogens is 290 g/mol. The van der Waals surface area contributed by atoms with Crippen LogP contribution >= 0.6 is 15.9 Å². The van der Waals surface area contributed by atoms with Gasteiger partial charge in [-0.3, -0.25) is 0 Å². The number of nitrogens with zero attached hydrogens (tertiary/aromatic N) is 3. The lowest BCUT2D eigenvalue weighted by molar-refractivity contribution is 0.0685. The van der Waals surface area contributed by atoms with E-state index in [0.29, 0.717) is 24.7 Å². The van der Waals surface area contributed by atoms with Gasteiger partial charge < -0.3 is 14.2 Å². The van der Waals surface area contributed by atoms with E-state index >= 15 is 0 Å². The first-order valence-electron chi connectivity index (χ1n) is 4.94. The molecule has 0 atom stereocenters. The van der Waals surface area contributed by atoms with Crippen molar-refractivity contribution in [2.75, 3.05) is 0 Å². The summed E-state index contributed by atoms with van der Waals surface area (Å²) in [5.74, 6) is 0.119. The second-order valence-corrected chi connectivity index (χ2v) is 4.44. The van der Waals surface area contributed by atoms with Crippen LogP contribution in [-0.2, 0) is 13.0 Å². The van der Waals surface area contributed by atoms with Crippen LogP contribution in [0.5, 0.6) is 0 Å². The van der Waals surface area contributed by atoms with Crippen molar-refractivity contribution in [1.82, 2.24) is 14.7 Å². The Morgan fingerprint density at radius 2 is 2.41 bits per heavy atom. The molecule has 1 N–H and O–H groups in total. The minimum atomic E-state index is -0.961. The van der Waals surface area contributed by atoms with Crippen LogP contribution in [0.15, 0.2) is 21.3 Å². The summed E-state index contributed by atoms with van der Waals surface area (Å²) in [4.78, 5) is 15.0. The van der Waals surface area contributed by atoms with Crippen LogP contribution < -0.4 is 0 Å². The maximum atomic E-state index is 11.0. The highest BCUT2D eigenvalue weighted by molar-refractivity contribution is 9.10. The summed E-state index contributed by atoms with van der Waals surface area (Å²) in [5.41, 5.74) is 0.230. The van der Waals surface area contributed by atoms with Gasteiger partial charge in [-0.1, -0.05) is 5.16 Å². The van der Waals surface area contributed by atoms with Crippen LogP contribution in [0.25, 0.3) is 0 Å². The molecule has 0 fully saturated rings. The minimum absolute atomic E-state index is 0.230. The molecule has 0 aromatic carbocycles. The summed E-state index contributed by atoms with van der Waals surface area (Å²) in [6.45, 7) is 2.22. The number of halogens is 1. The van der Waals surface area contributed by atoms with Gasteiger partial charge in [0.2, 0.25) is 5.89 Å². The lowest BCUT2D eigenvalue weighted by Gasteiger charge is -2.03. The second kappa shape index (κ2) is 4.70. The Labute approximate surface area is 105 Å². The molecule has 0 saturated carbocycles. The molecule has 0 spiro atoms. The Morgan fingerprint density at radius 1 is 1.65 bits per heavy atom. The fraction of sp³-hybridized carbons (Fsp3) is 0.300. The van der Waals surface area contributed by atoms with E-state index in [4.69, 9.17) is 9.63 Å². The molecule has 2 aromatic heterocycles. The second-order valence-electron chi connectivity index (χ2n) is 3.53. The molecule has 0 aliphatic carbocycles. The lowest BCUT2D eigenvalue weighted by atomic mass is 10.4. The Hall–Kier alpha value is -1.63. The van der Waals surface area contributed by atoms with Gasteiger partial charge in [0.25, 0.3) is 0 Å². The third kappa shape index (κ3) is 2.73. The zero-order valence-corrected chi connectivity index (χ0v) is 10.6. The van der Waals surface area contributed by atoms with Gasteiger partial charge in [-0.15, -0.1) is 0 Å². The van der Waals surface area contributed by atoms with Crippen molar-refractivity contribution in [3.63, 3.8) is 0 Å². The zero-order valence-electron chi connectivity index (χ0n) is 9.05. The van der Waals surface area contributed by atoms with Crippen molar-refractivity contribution in [2.24, 2.45) is 0 Å². The number of hydrogen-bond acceptors (Lipinski definition) is 4. The zero-order chi connectivity index (χ0) is 12.4. The maximum Gasteiger partial charge on any atom is 0.352 e. The van der Waals surface area contributed by atoms with Crippen LogP contribution in [0.4, 0.5) is 0 Å². The third-order valence-corrected chi connectivity index (χ3v) is 2.65. The first kappa shape index (κ1) is 11.8. The monoisotopic (exact) mass is 299 g/mol. The molecule has 2 aromatic rings. The van der Waals surface area contributed by atoms with Gasteiger partial charge in [-0.05, 0) is 28.9 Å². The highest BCUT2D eigenvalue weighted by Crippen LogP contribution is 2.15. The molecule has 2 rings (SSSR count). The quantitative estimate of drug-likeness (QED) is 0.932. The lowest BCUT2D eigenvalue weighted by Crippen LogP contribution is -2.09. The predicted molar refractivity (Wildman–Crippen MR) is 61.8 cm³/mol. The van der Waals surface area contributed by atoms with Crippen LogP contribution in [0.3, 0.4) is 0 Å². The molecule has 0 amide bonds. The highest BCUT2D eigenvalue weighted by Gasteiger charge is 2.12. The maximum absolute atomic E-state index is 11.0. The molecule has 0 radical (unpaired) electrons. The van der Waals surface area contributed by atoms with Crippen molar-refractivity contribution in [2.45, 2.75) is 19.9 Å². The van der Waals surface area contributed by atoms with E-state index in [0.717, 1.165) is 4.47 Å². The number of carboxylic acids is 1. The molecule has 0 aliphatic heterocycles. The van der Waals surface area contributed by atoms with Crippen LogP contribution in [0.2, 0.25) is 0 Å². The molecule has 0 bridgehead atoms. The average molecular weight is 300 g/mol. The smallest absolute Gasteiger partial charge is 0.352 e.